The van der Waals surface area contributed by atoms with Crippen LogP contribution in [0.4, 0.5) is 9.59 Å². The number of rotatable bonds is 1. The number of carbonyl (C=O) groups is 2. The molecular formula is C16H20ClN3O2. The minimum Gasteiger partial charge on any atom is -0.336 e. The van der Waals surface area contributed by atoms with Crippen LogP contribution in [0, 0.1) is 0 Å². The van der Waals surface area contributed by atoms with Crippen molar-refractivity contribution in [3.63, 3.8) is 0 Å². The standard InChI is InChI=1S/C16H20ClN3O2/c17-14-6-4-12(5-7-14)13-3-1-2-9-19(11-13)16(22)20-10-8-18-15(20)21/h4-7,13H,1-3,8-11H2,(H,18,21). The van der Waals surface area contributed by atoms with E-state index in [1.807, 2.05) is 29.2 Å². The molecule has 1 aromatic rings. The number of likely N-dealkylation sites (tertiary alicyclic amines) is 1. The van der Waals surface area contributed by atoms with Crippen LogP contribution in [-0.2, 0) is 0 Å². The average Bonchev–Trinajstić information content (AvgIpc) is 2.80. The third-order valence-corrected chi connectivity index (χ3v) is 4.62. The number of nitrogens with zero attached hydrogens (tertiary/aromatic N) is 2. The molecule has 0 aliphatic carbocycles. The summed E-state index contributed by atoms with van der Waals surface area (Å²) in [5.41, 5.74) is 1.20. The second-order valence-corrected chi connectivity index (χ2v) is 6.29. The number of hydrogen-bond acceptors (Lipinski definition) is 2. The Morgan fingerprint density at radius 3 is 2.64 bits per heavy atom. The SMILES string of the molecule is O=C1NCCN1C(=O)N1CCCCC(c2ccc(Cl)cc2)C1. The van der Waals surface area contributed by atoms with E-state index in [1.54, 1.807) is 0 Å². The number of halogens is 1. The molecule has 0 aromatic heterocycles. The highest BCUT2D eigenvalue weighted by molar-refractivity contribution is 6.30. The zero-order chi connectivity index (χ0) is 15.5. The van der Waals surface area contributed by atoms with Gasteiger partial charge >= 0.3 is 12.1 Å². The number of benzene rings is 1. The lowest BCUT2D eigenvalue weighted by Crippen LogP contribution is -2.45. The first kappa shape index (κ1) is 15.2. The van der Waals surface area contributed by atoms with Gasteiger partial charge in [0.2, 0.25) is 0 Å². The molecule has 1 atom stereocenters. The van der Waals surface area contributed by atoms with Crippen LogP contribution in [-0.4, -0.2) is 48.0 Å². The lowest BCUT2D eigenvalue weighted by Gasteiger charge is -2.27. The third-order valence-electron chi connectivity index (χ3n) is 4.37. The van der Waals surface area contributed by atoms with Crippen LogP contribution in [0.25, 0.3) is 0 Å². The van der Waals surface area contributed by atoms with Gasteiger partial charge in [-0.15, -0.1) is 0 Å². The lowest BCUT2D eigenvalue weighted by molar-refractivity contribution is 0.163. The van der Waals surface area contributed by atoms with Crippen LogP contribution in [0.2, 0.25) is 5.02 Å². The van der Waals surface area contributed by atoms with Crippen molar-refractivity contribution >= 4 is 23.7 Å². The van der Waals surface area contributed by atoms with Gasteiger partial charge in [0, 0.05) is 37.1 Å². The van der Waals surface area contributed by atoms with Crippen molar-refractivity contribution in [2.24, 2.45) is 0 Å². The Morgan fingerprint density at radius 2 is 1.95 bits per heavy atom. The van der Waals surface area contributed by atoms with Crippen molar-refractivity contribution in [3.05, 3.63) is 34.9 Å². The Labute approximate surface area is 135 Å². The normalized spacial score (nSPS) is 22.4. The molecule has 2 heterocycles. The monoisotopic (exact) mass is 321 g/mol. The van der Waals surface area contributed by atoms with E-state index in [4.69, 9.17) is 11.6 Å². The summed E-state index contributed by atoms with van der Waals surface area (Å²) in [7, 11) is 0. The summed E-state index contributed by atoms with van der Waals surface area (Å²) in [5, 5.41) is 3.40. The molecule has 6 heteroatoms. The van der Waals surface area contributed by atoms with Crippen LogP contribution >= 0.6 is 11.6 Å². The highest BCUT2D eigenvalue weighted by Crippen LogP contribution is 2.28. The smallest absolute Gasteiger partial charge is 0.328 e. The Balaban J connectivity index is 1.73. The first-order valence-corrected chi connectivity index (χ1v) is 8.12. The van der Waals surface area contributed by atoms with Crippen LogP contribution in [0.3, 0.4) is 0 Å². The van der Waals surface area contributed by atoms with Crippen molar-refractivity contribution in [1.82, 2.24) is 15.1 Å². The quantitative estimate of drug-likeness (QED) is 0.864. The fraction of sp³-hybridized carbons (Fsp3) is 0.500. The second kappa shape index (κ2) is 6.57. The molecule has 2 aliphatic rings. The van der Waals surface area contributed by atoms with Gasteiger partial charge in [0.15, 0.2) is 0 Å². The Kier molecular flexibility index (Phi) is 4.52. The van der Waals surface area contributed by atoms with Gasteiger partial charge in [0.05, 0.1) is 0 Å². The maximum Gasteiger partial charge on any atom is 0.328 e. The molecule has 3 rings (SSSR count). The Hall–Kier alpha value is -1.75. The fourth-order valence-electron chi connectivity index (χ4n) is 3.15. The molecule has 22 heavy (non-hydrogen) atoms. The summed E-state index contributed by atoms with van der Waals surface area (Å²) < 4.78 is 0. The predicted octanol–water partition coefficient (Wildman–Crippen LogP) is 3.05. The molecule has 2 saturated heterocycles. The molecule has 0 spiro atoms. The zero-order valence-corrected chi connectivity index (χ0v) is 13.2. The highest BCUT2D eigenvalue weighted by Gasteiger charge is 2.32. The number of hydrogen-bond donors (Lipinski definition) is 1. The van der Waals surface area contributed by atoms with E-state index >= 15 is 0 Å². The van der Waals surface area contributed by atoms with E-state index in [9.17, 15) is 9.59 Å². The van der Waals surface area contributed by atoms with Crippen LogP contribution < -0.4 is 5.32 Å². The lowest BCUT2D eigenvalue weighted by atomic mass is 9.94. The summed E-state index contributed by atoms with van der Waals surface area (Å²) in [6.45, 7) is 2.37. The van der Waals surface area contributed by atoms with Crippen LogP contribution in [0.15, 0.2) is 24.3 Å². The zero-order valence-electron chi connectivity index (χ0n) is 12.4. The van der Waals surface area contributed by atoms with Crippen LogP contribution in [0.5, 0.6) is 0 Å². The maximum absolute atomic E-state index is 12.6. The maximum atomic E-state index is 12.6. The van der Waals surface area contributed by atoms with Gasteiger partial charge < -0.3 is 10.2 Å². The van der Waals surface area contributed by atoms with Gasteiger partial charge in [0.25, 0.3) is 0 Å². The van der Waals surface area contributed by atoms with E-state index in [0.29, 0.717) is 32.1 Å². The Morgan fingerprint density at radius 1 is 1.18 bits per heavy atom. The van der Waals surface area contributed by atoms with Crippen molar-refractivity contribution in [2.75, 3.05) is 26.2 Å². The fourth-order valence-corrected chi connectivity index (χ4v) is 3.27. The molecule has 5 nitrogen and oxygen atoms in total. The molecule has 2 aliphatic heterocycles. The minimum absolute atomic E-state index is 0.170. The summed E-state index contributed by atoms with van der Waals surface area (Å²) >= 11 is 5.95. The molecule has 4 amide bonds. The van der Waals surface area contributed by atoms with E-state index < -0.39 is 0 Å². The molecule has 2 fully saturated rings. The van der Waals surface area contributed by atoms with Gasteiger partial charge in [-0.1, -0.05) is 30.2 Å². The molecule has 0 saturated carbocycles. The summed E-state index contributed by atoms with van der Waals surface area (Å²) in [5.74, 6) is 0.300. The van der Waals surface area contributed by atoms with Gasteiger partial charge in [0.1, 0.15) is 0 Å². The molecule has 0 bridgehead atoms. The van der Waals surface area contributed by atoms with E-state index in [1.165, 1.54) is 10.5 Å². The molecular weight excluding hydrogens is 302 g/mol. The molecule has 1 unspecified atom stereocenters. The summed E-state index contributed by atoms with van der Waals surface area (Å²) in [6.07, 6.45) is 3.12. The average molecular weight is 322 g/mol. The van der Waals surface area contributed by atoms with Crippen molar-refractivity contribution in [3.8, 4) is 0 Å². The highest BCUT2D eigenvalue weighted by atomic mass is 35.5. The molecule has 0 radical (unpaired) electrons. The second-order valence-electron chi connectivity index (χ2n) is 5.86. The van der Waals surface area contributed by atoms with Gasteiger partial charge in [-0.25, -0.2) is 14.5 Å². The summed E-state index contributed by atoms with van der Waals surface area (Å²) in [4.78, 5) is 27.4. The van der Waals surface area contributed by atoms with Crippen LogP contribution in [0.1, 0.15) is 30.7 Å². The number of urea groups is 2. The van der Waals surface area contributed by atoms with E-state index in [-0.39, 0.29) is 12.1 Å². The largest absolute Gasteiger partial charge is 0.336 e. The van der Waals surface area contributed by atoms with E-state index in [0.717, 1.165) is 24.3 Å². The first-order valence-electron chi connectivity index (χ1n) is 7.75. The van der Waals surface area contributed by atoms with Gasteiger partial charge in [-0.05, 0) is 30.5 Å². The summed E-state index contributed by atoms with van der Waals surface area (Å²) in [6, 6.07) is 7.39. The third kappa shape index (κ3) is 3.19. The first-order chi connectivity index (χ1) is 10.6. The topological polar surface area (TPSA) is 52.7 Å². The van der Waals surface area contributed by atoms with E-state index in [2.05, 4.69) is 5.32 Å². The minimum atomic E-state index is -0.280. The Bertz CT molecular complexity index is 561. The van der Waals surface area contributed by atoms with Crippen molar-refractivity contribution in [2.45, 2.75) is 25.2 Å². The molecule has 1 N–H and O–H groups in total. The molecule has 1 aromatic carbocycles. The number of carbonyl (C=O) groups excluding carboxylic acids is 2. The number of amides is 4. The van der Waals surface area contributed by atoms with Gasteiger partial charge in [-0.3, -0.25) is 0 Å². The number of imide groups is 1. The van der Waals surface area contributed by atoms with Crippen molar-refractivity contribution < 1.29 is 9.59 Å². The predicted molar refractivity (Wildman–Crippen MR) is 85.1 cm³/mol. The molecule has 118 valence electrons. The van der Waals surface area contributed by atoms with Crippen molar-refractivity contribution in [1.29, 1.82) is 0 Å². The number of nitrogens with one attached hydrogen (secondary N) is 1. The van der Waals surface area contributed by atoms with Gasteiger partial charge in [-0.2, -0.15) is 0 Å².